The van der Waals surface area contributed by atoms with Crippen LogP contribution in [-0.4, -0.2) is 20.2 Å². The summed E-state index contributed by atoms with van der Waals surface area (Å²) in [5.41, 5.74) is 11.2. The van der Waals surface area contributed by atoms with Gasteiger partial charge in [0.2, 0.25) is 0 Å². The van der Waals surface area contributed by atoms with Crippen molar-refractivity contribution in [3.8, 4) is 5.75 Å². The first-order chi connectivity index (χ1) is 12.2. The van der Waals surface area contributed by atoms with Gasteiger partial charge < -0.3 is 15.8 Å². The molecule has 1 aliphatic rings. The number of hydrogen-bond donors (Lipinski definition) is 2. The Bertz CT molecular complexity index is 698. The molecular formula is C22H30N2O. The minimum atomic E-state index is 0.482. The van der Waals surface area contributed by atoms with Crippen LogP contribution in [0.2, 0.25) is 0 Å². The van der Waals surface area contributed by atoms with Crippen LogP contribution in [0, 0.1) is 0 Å². The number of fused-ring (bicyclic) bond motifs is 1. The van der Waals surface area contributed by atoms with Crippen LogP contribution in [0.15, 0.2) is 42.5 Å². The van der Waals surface area contributed by atoms with Gasteiger partial charge in [-0.1, -0.05) is 18.2 Å². The first-order valence-corrected chi connectivity index (χ1v) is 9.47. The van der Waals surface area contributed by atoms with E-state index in [1.807, 2.05) is 20.0 Å². The van der Waals surface area contributed by atoms with Gasteiger partial charge in [-0.05, 0) is 92.4 Å². The summed E-state index contributed by atoms with van der Waals surface area (Å²) < 4.78 is 5.69. The van der Waals surface area contributed by atoms with Gasteiger partial charge in [-0.25, -0.2) is 0 Å². The minimum Gasteiger partial charge on any atom is -0.494 e. The van der Waals surface area contributed by atoms with E-state index in [2.05, 4.69) is 41.7 Å². The summed E-state index contributed by atoms with van der Waals surface area (Å²) in [5, 5.41) is 3.36. The summed E-state index contributed by atoms with van der Waals surface area (Å²) in [6, 6.07) is 15.0. The van der Waals surface area contributed by atoms with Crippen molar-refractivity contribution in [3.63, 3.8) is 0 Å². The molecule has 2 atom stereocenters. The lowest BCUT2D eigenvalue weighted by Crippen LogP contribution is -2.21. The number of nitrogens with two attached hydrogens (primary N) is 1. The van der Waals surface area contributed by atoms with Crippen LogP contribution < -0.4 is 15.8 Å². The predicted molar refractivity (Wildman–Crippen MR) is 105 cm³/mol. The molecule has 3 N–H and O–H groups in total. The minimum absolute atomic E-state index is 0.482. The van der Waals surface area contributed by atoms with Crippen molar-refractivity contribution in [2.24, 2.45) is 0 Å². The van der Waals surface area contributed by atoms with E-state index in [9.17, 15) is 0 Å². The molecule has 0 spiro atoms. The number of anilines is 1. The van der Waals surface area contributed by atoms with Crippen molar-refractivity contribution in [2.45, 2.75) is 44.4 Å². The molecule has 1 aliphatic carbocycles. The molecule has 0 heterocycles. The number of rotatable bonds is 7. The molecule has 0 aliphatic heterocycles. The number of nitrogen functional groups attached to an aromatic ring is 1. The number of nitrogens with one attached hydrogen (secondary N) is 1. The Morgan fingerprint density at radius 1 is 1.24 bits per heavy atom. The highest BCUT2D eigenvalue weighted by Crippen LogP contribution is 2.39. The van der Waals surface area contributed by atoms with E-state index < -0.39 is 0 Å². The standard InChI is InChI=1S/C22H30N2O/c1-3-25-21-10-11-22-17(7-4-8-18(22)14-21)12-19(15-24-2)16-6-5-9-20(23)13-16/h5-6,9-11,13-14,17,19,24H,3-4,7-8,12,15,23H2,1-2H3. The molecule has 0 bridgehead atoms. The van der Waals surface area contributed by atoms with E-state index in [1.54, 1.807) is 0 Å². The van der Waals surface area contributed by atoms with Crippen molar-refractivity contribution in [1.82, 2.24) is 5.32 Å². The highest BCUT2D eigenvalue weighted by atomic mass is 16.5. The van der Waals surface area contributed by atoms with Crippen LogP contribution >= 0.6 is 0 Å². The number of ether oxygens (including phenoxy) is 1. The molecular weight excluding hydrogens is 308 g/mol. The van der Waals surface area contributed by atoms with Crippen molar-refractivity contribution in [2.75, 3.05) is 25.9 Å². The van der Waals surface area contributed by atoms with Crippen molar-refractivity contribution >= 4 is 5.69 Å². The molecule has 25 heavy (non-hydrogen) atoms. The van der Waals surface area contributed by atoms with Gasteiger partial charge in [0.05, 0.1) is 6.61 Å². The lowest BCUT2D eigenvalue weighted by Gasteiger charge is -2.30. The Morgan fingerprint density at radius 2 is 2.12 bits per heavy atom. The third-order valence-electron chi connectivity index (χ3n) is 5.27. The molecule has 0 fully saturated rings. The summed E-state index contributed by atoms with van der Waals surface area (Å²) in [6.07, 6.45) is 4.85. The maximum atomic E-state index is 6.01. The summed E-state index contributed by atoms with van der Waals surface area (Å²) in [7, 11) is 2.03. The van der Waals surface area contributed by atoms with E-state index in [0.29, 0.717) is 11.8 Å². The third-order valence-corrected chi connectivity index (χ3v) is 5.27. The molecule has 2 aromatic rings. The Labute approximate surface area is 151 Å². The molecule has 0 radical (unpaired) electrons. The number of benzene rings is 2. The zero-order valence-electron chi connectivity index (χ0n) is 15.4. The molecule has 0 saturated heterocycles. The van der Waals surface area contributed by atoms with E-state index in [0.717, 1.165) is 31.0 Å². The van der Waals surface area contributed by atoms with Gasteiger partial charge in [-0.2, -0.15) is 0 Å². The zero-order chi connectivity index (χ0) is 17.6. The fourth-order valence-electron chi connectivity index (χ4n) is 4.13. The van der Waals surface area contributed by atoms with E-state index in [1.165, 1.54) is 36.0 Å². The zero-order valence-corrected chi connectivity index (χ0v) is 15.4. The largest absolute Gasteiger partial charge is 0.494 e. The van der Waals surface area contributed by atoms with Crippen LogP contribution in [-0.2, 0) is 6.42 Å². The second-order valence-corrected chi connectivity index (χ2v) is 7.04. The first kappa shape index (κ1) is 17.8. The lowest BCUT2D eigenvalue weighted by molar-refractivity contribution is 0.339. The van der Waals surface area contributed by atoms with Gasteiger partial charge in [-0.15, -0.1) is 0 Å². The molecule has 0 aromatic heterocycles. The molecule has 134 valence electrons. The SMILES string of the molecule is CCOc1ccc2c(c1)CCCC2CC(CNC)c1cccc(N)c1. The van der Waals surface area contributed by atoms with Gasteiger partial charge >= 0.3 is 0 Å². The molecule has 0 saturated carbocycles. The molecule has 3 rings (SSSR count). The van der Waals surface area contributed by atoms with E-state index in [4.69, 9.17) is 10.5 Å². The monoisotopic (exact) mass is 338 g/mol. The number of hydrogen-bond acceptors (Lipinski definition) is 3. The normalized spacial score (nSPS) is 17.8. The smallest absolute Gasteiger partial charge is 0.119 e. The second-order valence-electron chi connectivity index (χ2n) is 7.04. The van der Waals surface area contributed by atoms with Crippen LogP contribution in [0.3, 0.4) is 0 Å². The summed E-state index contributed by atoms with van der Waals surface area (Å²) in [4.78, 5) is 0. The van der Waals surface area contributed by atoms with E-state index in [-0.39, 0.29) is 0 Å². The molecule has 3 heteroatoms. The predicted octanol–water partition coefficient (Wildman–Crippen LogP) is 4.48. The maximum absolute atomic E-state index is 6.01. The summed E-state index contributed by atoms with van der Waals surface area (Å²) in [6.45, 7) is 3.74. The van der Waals surface area contributed by atoms with Crippen LogP contribution in [0.25, 0.3) is 0 Å². The van der Waals surface area contributed by atoms with Crippen molar-refractivity contribution in [1.29, 1.82) is 0 Å². The van der Waals surface area contributed by atoms with Gasteiger partial charge in [0.1, 0.15) is 5.75 Å². The van der Waals surface area contributed by atoms with Gasteiger partial charge in [0, 0.05) is 12.2 Å². The van der Waals surface area contributed by atoms with Crippen molar-refractivity contribution < 1.29 is 4.74 Å². The van der Waals surface area contributed by atoms with Crippen LogP contribution in [0.1, 0.15) is 54.7 Å². The van der Waals surface area contributed by atoms with Gasteiger partial charge in [-0.3, -0.25) is 0 Å². The lowest BCUT2D eigenvalue weighted by atomic mass is 9.76. The maximum Gasteiger partial charge on any atom is 0.119 e. The Morgan fingerprint density at radius 3 is 2.88 bits per heavy atom. The number of aryl methyl sites for hydroxylation is 1. The molecule has 3 nitrogen and oxygen atoms in total. The average Bonchev–Trinajstić information content (AvgIpc) is 2.61. The highest BCUT2D eigenvalue weighted by Gasteiger charge is 2.24. The summed E-state index contributed by atoms with van der Waals surface area (Å²) in [5.74, 6) is 2.10. The van der Waals surface area contributed by atoms with Gasteiger partial charge in [0.25, 0.3) is 0 Å². The fraction of sp³-hybridized carbons (Fsp3) is 0.455. The molecule has 0 amide bonds. The quantitative estimate of drug-likeness (QED) is 0.732. The van der Waals surface area contributed by atoms with Crippen LogP contribution in [0.4, 0.5) is 5.69 Å². The summed E-state index contributed by atoms with van der Waals surface area (Å²) >= 11 is 0. The topological polar surface area (TPSA) is 47.3 Å². The van der Waals surface area contributed by atoms with Crippen molar-refractivity contribution in [3.05, 3.63) is 59.2 Å². The number of likely N-dealkylation sites (N-methyl/N-ethyl adjacent to an activating group) is 1. The first-order valence-electron chi connectivity index (χ1n) is 9.47. The average molecular weight is 338 g/mol. The molecule has 2 unspecified atom stereocenters. The molecule has 2 aromatic carbocycles. The van der Waals surface area contributed by atoms with Crippen LogP contribution in [0.5, 0.6) is 5.75 Å². The second kappa shape index (κ2) is 8.39. The Kier molecular flexibility index (Phi) is 5.98. The van der Waals surface area contributed by atoms with Gasteiger partial charge in [0.15, 0.2) is 0 Å². The fourth-order valence-corrected chi connectivity index (χ4v) is 4.13. The third kappa shape index (κ3) is 4.35. The Balaban J connectivity index is 1.82. The van der Waals surface area contributed by atoms with E-state index >= 15 is 0 Å². The highest BCUT2D eigenvalue weighted by molar-refractivity contribution is 5.43. The Hall–Kier alpha value is -2.00.